The molecular formula is C34H39BrN4O8. The zero-order valence-electron chi connectivity index (χ0n) is 26.9. The third-order valence-corrected chi connectivity index (χ3v) is 7.53. The van der Waals surface area contributed by atoms with E-state index in [0.29, 0.717) is 64.1 Å². The van der Waals surface area contributed by atoms with Gasteiger partial charge in [-0.2, -0.15) is 5.10 Å². The molecule has 2 amide bonds. The smallest absolute Gasteiger partial charge is 0.337 e. The highest BCUT2D eigenvalue weighted by atomic mass is 79.9. The van der Waals surface area contributed by atoms with Gasteiger partial charge in [0.25, 0.3) is 0 Å². The molecule has 0 unspecified atom stereocenters. The molecule has 0 saturated carbocycles. The second-order valence-electron chi connectivity index (χ2n) is 10.5. The summed E-state index contributed by atoms with van der Waals surface area (Å²) < 4.78 is 29.1. The largest absolute Gasteiger partial charge is 0.490 e. The molecule has 0 aliphatic carbocycles. The molecule has 3 aromatic carbocycles. The maximum absolute atomic E-state index is 12.5. The van der Waals surface area contributed by atoms with Crippen LogP contribution in [-0.4, -0.2) is 56.5 Å². The molecule has 12 nitrogen and oxygen atoms in total. The summed E-state index contributed by atoms with van der Waals surface area (Å²) in [6.45, 7) is 8.37. The van der Waals surface area contributed by atoms with Crippen LogP contribution in [0, 0.1) is 6.92 Å². The first-order valence-electron chi connectivity index (χ1n) is 15.0. The van der Waals surface area contributed by atoms with E-state index in [1.54, 1.807) is 37.4 Å². The van der Waals surface area contributed by atoms with Crippen molar-refractivity contribution in [3.8, 4) is 23.0 Å². The van der Waals surface area contributed by atoms with Crippen LogP contribution < -0.4 is 35.0 Å². The molecule has 2 atom stereocenters. The monoisotopic (exact) mass is 710 g/mol. The Kier molecular flexibility index (Phi) is 12.5. The van der Waals surface area contributed by atoms with E-state index >= 15 is 0 Å². The number of urea groups is 1. The van der Waals surface area contributed by atoms with Crippen molar-refractivity contribution in [2.24, 2.45) is 5.10 Å². The molecule has 0 bridgehead atoms. The second kappa shape index (κ2) is 16.7. The number of hydrogen-bond donors (Lipinski definition) is 4. The summed E-state index contributed by atoms with van der Waals surface area (Å²) in [6.07, 6.45) is 0.384. The molecule has 47 heavy (non-hydrogen) atoms. The van der Waals surface area contributed by atoms with Gasteiger partial charge in [0.05, 0.1) is 42.6 Å². The minimum absolute atomic E-state index is 0.160. The summed E-state index contributed by atoms with van der Waals surface area (Å²) in [5.74, 6) is 1.29. The summed E-state index contributed by atoms with van der Waals surface area (Å²) in [4.78, 5) is 24.7. The SMILES string of the molecule is CCOc1cc([C@@H]2NC(=O)NC(C)=C2C(=O)OC)ccc1OC[C@@H](O)N/N=C\c1cc(Br)c(OCc2ccc(C)cc2)c(OCC)c1. The van der Waals surface area contributed by atoms with Crippen LogP contribution in [0.1, 0.15) is 49.1 Å². The van der Waals surface area contributed by atoms with Crippen LogP contribution in [0.25, 0.3) is 0 Å². The minimum atomic E-state index is -1.16. The van der Waals surface area contributed by atoms with Gasteiger partial charge in [-0.15, -0.1) is 0 Å². The number of methoxy groups -OCH3 is 1. The number of carbonyl (C=O) groups is 2. The summed E-state index contributed by atoms with van der Waals surface area (Å²) in [6, 6.07) is 15.6. The van der Waals surface area contributed by atoms with Crippen molar-refractivity contribution in [2.75, 3.05) is 26.9 Å². The zero-order chi connectivity index (χ0) is 33.9. The molecule has 4 rings (SSSR count). The summed E-state index contributed by atoms with van der Waals surface area (Å²) in [5.41, 5.74) is 6.82. The Morgan fingerprint density at radius 2 is 1.72 bits per heavy atom. The lowest BCUT2D eigenvalue weighted by Gasteiger charge is -2.28. The Labute approximate surface area is 282 Å². The third-order valence-electron chi connectivity index (χ3n) is 6.94. The molecule has 0 saturated heterocycles. The summed E-state index contributed by atoms with van der Waals surface area (Å²) in [7, 11) is 1.28. The average molecular weight is 712 g/mol. The number of hydrogen-bond acceptors (Lipinski definition) is 10. The topological polar surface area (TPSA) is 149 Å². The number of aliphatic hydroxyl groups excluding tert-OH is 1. The number of aryl methyl sites for hydroxylation is 1. The summed E-state index contributed by atoms with van der Waals surface area (Å²) in [5, 5.41) is 20.0. The highest BCUT2D eigenvalue weighted by molar-refractivity contribution is 9.10. The predicted octanol–water partition coefficient (Wildman–Crippen LogP) is 5.26. The molecule has 1 aliphatic heterocycles. The van der Waals surface area contributed by atoms with Gasteiger partial charge < -0.3 is 39.4 Å². The van der Waals surface area contributed by atoms with E-state index in [-0.39, 0.29) is 12.2 Å². The average Bonchev–Trinajstić information content (AvgIpc) is 3.04. The van der Waals surface area contributed by atoms with E-state index in [2.05, 4.69) is 37.1 Å². The van der Waals surface area contributed by atoms with Gasteiger partial charge in [0.2, 0.25) is 0 Å². The number of nitrogens with zero attached hydrogens (tertiary/aromatic N) is 1. The van der Waals surface area contributed by atoms with Gasteiger partial charge >= 0.3 is 12.0 Å². The van der Waals surface area contributed by atoms with Crippen molar-refractivity contribution in [1.29, 1.82) is 0 Å². The first-order valence-corrected chi connectivity index (χ1v) is 15.8. The van der Waals surface area contributed by atoms with Crippen molar-refractivity contribution >= 4 is 34.1 Å². The molecule has 1 aliphatic rings. The quantitative estimate of drug-likeness (QED) is 0.0718. The number of benzene rings is 3. The number of carbonyl (C=O) groups excluding carboxylic acids is 2. The molecule has 13 heteroatoms. The number of halogens is 1. The highest BCUT2D eigenvalue weighted by Crippen LogP contribution is 2.37. The van der Waals surface area contributed by atoms with Crippen molar-refractivity contribution in [2.45, 2.75) is 46.6 Å². The third kappa shape index (κ3) is 9.39. The lowest BCUT2D eigenvalue weighted by molar-refractivity contribution is -0.136. The molecule has 0 fully saturated rings. The molecular weight excluding hydrogens is 672 g/mol. The van der Waals surface area contributed by atoms with Gasteiger partial charge in [-0.25, -0.2) is 9.59 Å². The van der Waals surface area contributed by atoms with Crippen molar-refractivity contribution in [3.63, 3.8) is 0 Å². The van der Waals surface area contributed by atoms with E-state index in [9.17, 15) is 14.7 Å². The van der Waals surface area contributed by atoms with Crippen molar-refractivity contribution < 1.29 is 38.4 Å². The van der Waals surface area contributed by atoms with E-state index in [1.807, 2.05) is 51.1 Å². The van der Waals surface area contributed by atoms with Crippen molar-refractivity contribution in [3.05, 3.63) is 92.6 Å². The van der Waals surface area contributed by atoms with Crippen LogP contribution in [0.15, 0.2) is 75.4 Å². The standard InChI is InChI=1S/C34H39BrN4O8/c1-6-44-27-16-24(31-30(33(41)43-5)21(4)37-34(42)38-31)12-13-26(27)46-19-29(40)39-36-17-23-14-25(35)32(28(15-23)45-7-2)47-18-22-10-8-20(3)9-11-22/h8-17,29,31,39-40H,6-7,18-19H2,1-5H3,(H2,37,38,42)/b36-17-/t29-,31+/m1/s1. The van der Waals surface area contributed by atoms with E-state index in [0.717, 1.165) is 5.56 Å². The molecule has 250 valence electrons. The fourth-order valence-corrected chi connectivity index (χ4v) is 5.30. The lowest BCUT2D eigenvalue weighted by Crippen LogP contribution is -2.45. The van der Waals surface area contributed by atoms with Gasteiger partial charge in [-0.1, -0.05) is 35.9 Å². The predicted molar refractivity (Wildman–Crippen MR) is 180 cm³/mol. The Morgan fingerprint density at radius 3 is 2.43 bits per heavy atom. The van der Waals surface area contributed by atoms with Crippen LogP contribution in [0.5, 0.6) is 23.0 Å². The van der Waals surface area contributed by atoms with Crippen LogP contribution in [0.2, 0.25) is 0 Å². The molecule has 0 spiro atoms. The lowest BCUT2D eigenvalue weighted by atomic mass is 9.95. The fraction of sp³-hybridized carbons (Fsp3) is 0.324. The van der Waals surface area contributed by atoms with Gasteiger partial charge in [0.1, 0.15) is 13.2 Å². The zero-order valence-corrected chi connectivity index (χ0v) is 28.5. The normalized spacial score (nSPS) is 15.0. The Morgan fingerprint density at radius 1 is 1.00 bits per heavy atom. The van der Waals surface area contributed by atoms with Crippen molar-refractivity contribution in [1.82, 2.24) is 16.1 Å². The molecule has 3 aromatic rings. The van der Waals surface area contributed by atoms with Crippen LogP contribution in [0.4, 0.5) is 4.79 Å². The molecule has 1 heterocycles. The summed E-state index contributed by atoms with van der Waals surface area (Å²) >= 11 is 3.58. The first-order chi connectivity index (χ1) is 22.6. The van der Waals surface area contributed by atoms with E-state index < -0.39 is 24.3 Å². The van der Waals surface area contributed by atoms with Gasteiger partial charge in [0.15, 0.2) is 29.2 Å². The number of esters is 1. The number of allylic oxidation sites excluding steroid dienone is 1. The number of amides is 2. The fourth-order valence-electron chi connectivity index (χ4n) is 4.73. The second-order valence-corrected chi connectivity index (χ2v) is 11.3. The molecule has 0 aromatic heterocycles. The number of hydrazone groups is 1. The number of nitrogens with one attached hydrogen (secondary N) is 3. The Balaban J connectivity index is 1.40. The molecule has 4 N–H and O–H groups in total. The number of aliphatic hydroxyl groups is 1. The number of rotatable bonds is 15. The maximum Gasteiger partial charge on any atom is 0.337 e. The Hall–Kier alpha value is -4.75. The molecule has 0 radical (unpaired) electrons. The minimum Gasteiger partial charge on any atom is -0.490 e. The number of ether oxygens (including phenoxy) is 5. The van der Waals surface area contributed by atoms with Crippen LogP contribution in [0.3, 0.4) is 0 Å². The van der Waals surface area contributed by atoms with E-state index in [4.69, 9.17) is 23.7 Å². The maximum atomic E-state index is 12.5. The first kappa shape index (κ1) is 35.1. The van der Waals surface area contributed by atoms with Crippen LogP contribution >= 0.6 is 15.9 Å². The van der Waals surface area contributed by atoms with Gasteiger partial charge in [-0.05, 0) is 84.6 Å². The Bertz CT molecular complexity index is 1630. The van der Waals surface area contributed by atoms with Crippen LogP contribution in [-0.2, 0) is 16.1 Å². The van der Waals surface area contributed by atoms with Gasteiger partial charge in [-0.3, -0.25) is 5.43 Å². The van der Waals surface area contributed by atoms with Gasteiger partial charge in [0, 0.05) is 5.70 Å². The highest BCUT2D eigenvalue weighted by Gasteiger charge is 2.32. The van der Waals surface area contributed by atoms with E-state index in [1.165, 1.54) is 12.7 Å².